The highest BCUT2D eigenvalue weighted by Gasteiger charge is 2.16. The molecule has 0 radical (unpaired) electrons. The summed E-state index contributed by atoms with van der Waals surface area (Å²) in [5, 5.41) is 3.07. The SMILES string of the molecule is CSc1ccc(C(=O)Nc2cccc(-c3ccccn3)c2)c(-c2ccc(C)cc2C)c1. The molecule has 1 amide bonds. The molecule has 4 heteroatoms. The second-order valence-corrected chi connectivity index (χ2v) is 8.36. The number of carbonyl (C=O) groups excluding carboxylic acids is 1. The van der Waals surface area contributed by atoms with E-state index in [4.69, 9.17) is 0 Å². The summed E-state index contributed by atoms with van der Waals surface area (Å²) < 4.78 is 0. The van der Waals surface area contributed by atoms with Crippen LogP contribution < -0.4 is 5.32 Å². The second kappa shape index (κ2) is 9.19. The van der Waals surface area contributed by atoms with Crippen LogP contribution in [0, 0.1) is 13.8 Å². The lowest BCUT2D eigenvalue weighted by molar-refractivity contribution is 0.102. The van der Waals surface area contributed by atoms with Gasteiger partial charge in [0.25, 0.3) is 5.91 Å². The molecule has 0 aliphatic carbocycles. The molecule has 0 unspecified atom stereocenters. The molecule has 0 saturated carbocycles. The Bertz CT molecular complexity index is 1240. The van der Waals surface area contributed by atoms with E-state index in [-0.39, 0.29) is 5.91 Å². The minimum absolute atomic E-state index is 0.124. The summed E-state index contributed by atoms with van der Waals surface area (Å²) in [6.45, 7) is 4.17. The highest BCUT2D eigenvalue weighted by Crippen LogP contribution is 2.32. The predicted molar refractivity (Wildman–Crippen MR) is 131 cm³/mol. The number of rotatable bonds is 5. The van der Waals surface area contributed by atoms with E-state index >= 15 is 0 Å². The van der Waals surface area contributed by atoms with Gasteiger partial charge in [-0.2, -0.15) is 0 Å². The molecule has 0 spiro atoms. The monoisotopic (exact) mass is 424 g/mol. The number of nitrogens with one attached hydrogen (secondary N) is 1. The number of anilines is 1. The van der Waals surface area contributed by atoms with E-state index in [9.17, 15) is 4.79 Å². The highest BCUT2D eigenvalue weighted by atomic mass is 32.2. The third kappa shape index (κ3) is 4.70. The summed E-state index contributed by atoms with van der Waals surface area (Å²) in [5.41, 5.74) is 7.63. The number of carbonyl (C=O) groups is 1. The minimum atomic E-state index is -0.124. The molecule has 3 aromatic carbocycles. The van der Waals surface area contributed by atoms with Gasteiger partial charge < -0.3 is 5.32 Å². The molecule has 0 aliphatic rings. The van der Waals surface area contributed by atoms with E-state index in [1.165, 1.54) is 5.56 Å². The maximum Gasteiger partial charge on any atom is 0.256 e. The van der Waals surface area contributed by atoms with Crippen molar-refractivity contribution < 1.29 is 4.79 Å². The average Bonchev–Trinajstić information content (AvgIpc) is 2.79. The third-order valence-electron chi connectivity index (χ3n) is 5.22. The van der Waals surface area contributed by atoms with Gasteiger partial charge in [-0.25, -0.2) is 0 Å². The number of pyridine rings is 1. The minimum Gasteiger partial charge on any atom is -0.322 e. The van der Waals surface area contributed by atoms with Crippen LogP contribution in [0.25, 0.3) is 22.4 Å². The van der Waals surface area contributed by atoms with E-state index < -0.39 is 0 Å². The zero-order valence-corrected chi connectivity index (χ0v) is 18.7. The maximum absolute atomic E-state index is 13.3. The number of aryl methyl sites for hydroxylation is 2. The smallest absolute Gasteiger partial charge is 0.256 e. The lowest BCUT2D eigenvalue weighted by Gasteiger charge is -2.15. The lowest BCUT2D eigenvalue weighted by atomic mass is 9.94. The first kappa shape index (κ1) is 20.9. The summed E-state index contributed by atoms with van der Waals surface area (Å²) in [5.74, 6) is -0.124. The molecule has 0 bridgehead atoms. The average molecular weight is 425 g/mol. The molecule has 0 aliphatic heterocycles. The van der Waals surface area contributed by atoms with Crippen molar-refractivity contribution in [2.45, 2.75) is 18.7 Å². The van der Waals surface area contributed by atoms with E-state index in [2.05, 4.69) is 48.4 Å². The van der Waals surface area contributed by atoms with Crippen LogP contribution in [-0.4, -0.2) is 17.1 Å². The largest absolute Gasteiger partial charge is 0.322 e. The van der Waals surface area contributed by atoms with Gasteiger partial charge in [0.2, 0.25) is 0 Å². The van der Waals surface area contributed by atoms with E-state index in [0.717, 1.165) is 38.5 Å². The van der Waals surface area contributed by atoms with Crippen molar-refractivity contribution >= 4 is 23.4 Å². The van der Waals surface area contributed by atoms with Gasteiger partial charge in [-0.05, 0) is 79.3 Å². The van der Waals surface area contributed by atoms with E-state index in [1.807, 2.05) is 60.9 Å². The molecule has 0 atom stereocenters. The van der Waals surface area contributed by atoms with Gasteiger partial charge in [-0.1, -0.05) is 42.0 Å². The fourth-order valence-electron chi connectivity index (χ4n) is 3.68. The van der Waals surface area contributed by atoms with Crippen molar-refractivity contribution in [2.24, 2.45) is 0 Å². The summed E-state index contributed by atoms with van der Waals surface area (Å²) in [4.78, 5) is 18.8. The summed E-state index contributed by atoms with van der Waals surface area (Å²) in [6, 6.07) is 25.9. The Labute approximate surface area is 187 Å². The lowest BCUT2D eigenvalue weighted by Crippen LogP contribution is -2.13. The Morgan fingerprint density at radius 3 is 2.48 bits per heavy atom. The number of hydrogen-bond acceptors (Lipinski definition) is 3. The quantitative estimate of drug-likeness (QED) is 0.351. The van der Waals surface area contributed by atoms with Crippen LogP contribution in [0.15, 0.2) is 90.0 Å². The molecule has 4 rings (SSSR count). The van der Waals surface area contributed by atoms with Gasteiger partial charge in [0.1, 0.15) is 0 Å². The fraction of sp³-hybridized carbons (Fsp3) is 0.111. The Morgan fingerprint density at radius 2 is 1.74 bits per heavy atom. The van der Waals surface area contributed by atoms with Crippen molar-refractivity contribution in [1.29, 1.82) is 0 Å². The number of benzene rings is 3. The number of thioether (sulfide) groups is 1. The number of amides is 1. The van der Waals surface area contributed by atoms with Crippen molar-refractivity contribution in [2.75, 3.05) is 11.6 Å². The summed E-state index contributed by atoms with van der Waals surface area (Å²) in [6.07, 6.45) is 3.81. The molecule has 3 nitrogen and oxygen atoms in total. The van der Waals surface area contributed by atoms with E-state index in [0.29, 0.717) is 5.56 Å². The molecular formula is C27H24N2OS. The third-order valence-corrected chi connectivity index (χ3v) is 5.95. The molecule has 0 saturated heterocycles. The van der Waals surface area contributed by atoms with Gasteiger partial charge in [0.05, 0.1) is 5.69 Å². The molecule has 0 fully saturated rings. The zero-order chi connectivity index (χ0) is 21.8. The predicted octanol–water partition coefficient (Wildman–Crippen LogP) is 7.01. The van der Waals surface area contributed by atoms with Crippen molar-refractivity contribution in [1.82, 2.24) is 4.98 Å². The first-order chi connectivity index (χ1) is 15.0. The first-order valence-electron chi connectivity index (χ1n) is 10.1. The van der Waals surface area contributed by atoms with Crippen LogP contribution >= 0.6 is 11.8 Å². The molecule has 154 valence electrons. The maximum atomic E-state index is 13.3. The molecule has 1 aromatic heterocycles. The van der Waals surface area contributed by atoms with Crippen LogP contribution in [0.1, 0.15) is 21.5 Å². The highest BCUT2D eigenvalue weighted by molar-refractivity contribution is 7.98. The van der Waals surface area contributed by atoms with Crippen LogP contribution in [-0.2, 0) is 0 Å². The van der Waals surface area contributed by atoms with Gasteiger partial charge in [0.15, 0.2) is 0 Å². The molecular weight excluding hydrogens is 400 g/mol. The number of nitrogens with zero attached hydrogens (tertiary/aromatic N) is 1. The van der Waals surface area contributed by atoms with Gasteiger partial charge in [0, 0.05) is 27.9 Å². The second-order valence-electron chi connectivity index (χ2n) is 7.48. The van der Waals surface area contributed by atoms with Crippen molar-refractivity contribution in [3.05, 3.63) is 102 Å². The number of hydrogen-bond donors (Lipinski definition) is 1. The molecule has 1 N–H and O–H groups in total. The standard InChI is InChI=1S/C27H24N2OS/c1-18-10-12-23(19(2)15-18)25-17-22(31-3)11-13-24(25)27(30)29-21-8-6-7-20(16-21)26-9-4-5-14-28-26/h4-17H,1-3H3,(H,29,30). The normalized spacial score (nSPS) is 10.7. The topological polar surface area (TPSA) is 42.0 Å². The molecule has 1 heterocycles. The Kier molecular flexibility index (Phi) is 6.19. The van der Waals surface area contributed by atoms with Gasteiger partial charge in [-0.15, -0.1) is 11.8 Å². The fourth-order valence-corrected chi connectivity index (χ4v) is 4.12. The van der Waals surface area contributed by atoms with Gasteiger partial charge >= 0.3 is 0 Å². The summed E-state index contributed by atoms with van der Waals surface area (Å²) in [7, 11) is 0. The summed E-state index contributed by atoms with van der Waals surface area (Å²) >= 11 is 1.67. The number of aromatic nitrogens is 1. The van der Waals surface area contributed by atoms with Crippen LogP contribution in [0.2, 0.25) is 0 Å². The van der Waals surface area contributed by atoms with Crippen LogP contribution in [0.4, 0.5) is 5.69 Å². The van der Waals surface area contributed by atoms with Crippen molar-refractivity contribution in [3.8, 4) is 22.4 Å². The molecule has 4 aromatic rings. The van der Waals surface area contributed by atoms with Crippen molar-refractivity contribution in [3.63, 3.8) is 0 Å². The molecule has 31 heavy (non-hydrogen) atoms. The van der Waals surface area contributed by atoms with E-state index in [1.54, 1.807) is 18.0 Å². The van der Waals surface area contributed by atoms with Crippen LogP contribution in [0.5, 0.6) is 0 Å². The Hall–Kier alpha value is -3.37. The zero-order valence-electron chi connectivity index (χ0n) is 17.8. The van der Waals surface area contributed by atoms with Gasteiger partial charge in [-0.3, -0.25) is 9.78 Å². The van der Waals surface area contributed by atoms with Crippen LogP contribution in [0.3, 0.4) is 0 Å². The Morgan fingerprint density at radius 1 is 0.871 bits per heavy atom. The first-order valence-corrected chi connectivity index (χ1v) is 11.4. The Balaban J connectivity index is 1.69.